The summed E-state index contributed by atoms with van der Waals surface area (Å²) in [5, 5.41) is 4.09. The zero-order valence-corrected chi connectivity index (χ0v) is 13.0. The van der Waals surface area contributed by atoms with Crippen LogP contribution in [0.15, 0.2) is 24.3 Å². The van der Waals surface area contributed by atoms with Gasteiger partial charge in [0, 0.05) is 11.6 Å². The molecule has 1 amide bonds. The molecule has 1 atom stereocenters. The van der Waals surface area contributed by atoms with Crippen molar-refractivity contribution in [3.05, 3.63) is 34.9 Å². The standard InChI is InChI=1S/C16H21ClN2O2/c1-16(13-6-8-18-9-7-13)11-21-15(20)19(16)10-12-2-4-14(17)5-3-12/h2-5,13,18H,6-11H2,1H3. The average Bonchev–Trinajstić information content (AvgIpc) is 2.80. The normalized spacial score (nSPS) is 27.0. The number of nitrogens with zero attached hydrogens (tertiary/aromatic N) is 1. The molecule has 0 saturated carbocycles. The summed E-state index contributed by atoms with van der Waals surface area (Å²) >= 11 is 5.92. The quantitative estimate of drug-likeness (QED) is 0.933. The van der Waals surface area contributed by atoms with Gasteiger partial charge in [0.1, 0.15) is 6.61 Å². The first-order valence-electron chi connectivity index (χ1n) is 7.49. The second-order valence-electron chi connectivity index (χ2n) is 6.15. The molecule has 0 aliphatic carbocycles. The summed E-state index contributed by atoms with van der Waals surface area (Å²) in [6.07, 6.45) is 1.97. The zero-order valence-electron chi connectivity index (χ0n) is 12.3. The molecule has 0 radical (unpaired) electrons. The van der Waals surface area contributed by atoms with Crippen LogP contribution in [0.2, 0.25) is 5.02 Å². The van der Waals surface area contributed by atoms with Gasteiger partial charge in [-0.15, -0.1) is 0 Å². The Kier molecular flexibility index (Phi) is 4.09. The second-order valence-corrected chi connectivity index (χ2v) is 6.59. The maximum atomic E-state index is 12.2. The first-order chi connectivity index (χ1) is 10.1. The molecule has 3 rings (SSSR count). The Morgan fingerprint density at radius 2 is 2.00 bits per heavy atom. The summed E-state index contributed by atoms with van der Waals surface area (Å²) in [5.74, 6) is 0.484. The molecule has 1 unspecified atom stereocenters. The Morgan fingerprint density at radius 1 is 1.33 bits per heavy atom. The maximum Gasteiger partial charge on any atom is 0.410 e. The summed E-state index contributed by atoms with van der Waals surface area (Å²) in [6.45, 7) is 5.26. The van der Waals surface area contributed by atoms with E-state index in [4.69, 9.17) is 16.3 Å². The fraction of sp³-hybridized carbons (Fsp3) is 0.562. The molecule has 21 heavy (non-hydrogen) atoms. The number of amides is 1. The molecule has 4 nitrogen and oxygen atoms in total. The number of nitrogens with one attached hydrogen (secondary N) is 1. The SMILES string of the molecule is CC1(C2CCNCC2)COC(=O)N1Cc1ccc(Cl)cc1. The molecule has 2 heterocycles. The minimum Gasteiger partial charge on any atom is -0.447 e. The maximum absolute atomic E-state index is 12.2. The van der Waals surface area contributed by atoms with E-state index in [1.807, 2.05) is 29.2 Å². The van der Waals surface area contributed by atoms with Crippen LogP contribution in [0.1, 0.15) is 25.3 Å². The fourth-order valence-corrected chi connectivity index (χ4v) is 3.50. The molecule has 2 fully saturated rings. The van der Waals surface area contributed by atoms with Crippen molar-refractivity contribution >= 4 is 17.7 Å². The number of cyclic esters (lactones) is 1. The van der Waals surface area contributed by atoms with Gasteiger partial charge in [-0.25, -0.2) is 4.79 Å². The van der Waals surface area contributed by atoms with Crippen LogP contribution in [0.25, 0.3) is 0 Å². The topological polar surface area (TPSA) is 41.6 Å². The van der Waals surface area contributed by atoms with E-state index in [2.05, 4.69) is 12.2 Å². The van der Waals surface area contributed by atoms with Gasteiger partial charge in [0.25, 0.3) is 0 Å². The summed E-state index contributed by atoms with van der Waals surface area (Å²) in [7, 11) is 0. The third-order valence-electron chi connectivity index (χ3n) is 4.80. The van der Waals surface area contributed by atoms with Gasteiger partial charge in [-0.1, -0.05) is 23.7 Å². The van der Waals surface area contributed by atoms with Crippen molar-refractivity contribution in [1.29, 1.82) is 0 Å². The first kappa shape index (κ1) is 14.7. The number of rotatable bonds is 3. The molecular formula is C16H21ClN2O2. The molecule has 2 aliphatic heterocycles. The van der Waals surface area contributed by atoms with E-state index in [-0.39, 0.29) is 11.6 Å². The highest BCUT2D eigenvalue weighted by Gasteiger charge is 2.48. The molecule has 2 aliphatic rings. The fourth-order valence-electron chi connectivity index (χ4n) is 3.37. The lowest BCUT2D eigenvalue weighted by molar-refractivity contribution is 0.0890. The Bertz CT molecular complexity index is 514. The van der Waals surface area contributed by atoms with Crippen LogP contribution in [0.5, 0.6) is 0 Å². The Labute approximate surface area is 130 Å². The second kappa shape index (κ2) is 5.85. The molecule has 0 bridgehead atoms. The Hall–Kier alpha value is -1.26. The Balaban J connectivity index is 1.79. The predicted molar refractivity (Wildman–Crippen MR) is 82.3 cm³/mol. The highest BCUT2D eigenvalue weighted by molar-refractivity contribution is 6.30. The summed E-state index contributed by atoms with van der Waals surface area (Å²) < 4.78 is 5.37. The molecule has 1 aromatic rings. The monoisotopic (exact) mass is 308 g/mol. The largest absolute Gasteiger partial charge is 0.447 e. The average molecular weight is 309 g/mol. The molecule has 2 saturated heterocycles. The van der Waals surface area contributed by atoms with Crippen molar-refractivity contribution in [3.63, 3.8) is 0 Å². The van der Waals surface area contributed by atoms with Crippen LogP contribution >= 0.6 is 11.6 Å². The van der Waals surface area contributed by atoms with E-state index in [1.165, 1.54) is 0 Å². The van der Waals surface area contributed by atoms with Gasteiger partial charge in [0.15, 0.2) is 0 Å². The van der Waals surface area contributed by atoms with Crippen molar-refractivity contribution in [3.8, 4) is 0 Å². The van der Waals surface area contributed by atoms with Crippen LogP contribution in [0.4, 0.5) is 4.79 Å². The number of benzene rings is 1. The third-order valence-corrected chi connectivity index (χ3v) is 5.05. The van der Waals surface area contributed by atoms with Gasteiger partial charge < -0.3 is 10.1 Å². The van der Waals surface area contributed by atoms with Crippen LogP contribution in [0.3, 0.4) is 0 Å². The zero-order chi connectivity index (χ0) is 14.9. The number of hydrogen-bond acceptors (Lipinski definition) is 3. The van der Waals surface area contributed by atoms with Crippen molar-refractivity contribution in [1.82, 2.24) is 10.2 Å². The number of carbonyl (C=O) groups is 1. The number of ether oxygens (including phenoxy) is 1. The summed E-state index contributed by atoms with van der Waals surface area (Å²) in [4.78, 5) is 14.1. The van der Waals surface area contributed by atoms with Gasteiger partial charge in [0.2, 0.25) is 0 Å². The van der Waals surface area contributed by atoms with Gasteiger partial charge in [-0.05, 0) is 56.5 Å². The van der Waals surface area contributed by atoms with Crippen LogP contribution in [-0.2, 0) is 11.3 Å². The van der Waals surface area contributed by atoms with E-state index >= 15 is 0 Å². The minimum absolute atomic E-state index is 0.203. The van der Waals surface area contributed by atoms with Crippen LogP contribution < -0.4 is 5.32 Å². The number of hydrogen-bond donors (Lipinski definition) is 1. The lowest BCUT2D eigenvalue weighted by Crippen LogP contribution is -2.52. The van der Waals surface area contributed by atoms with E-state index in [1.54, 1.807) is 0 Å². The molecule has 1 aromatic carbocycles. The van der Waals surface area contributed by atoms with Gasteiger partial charge in [0.05, 0.1) is 5.54 Å². The highest BCUT2D eigenvalue weighted by atomic mass is 35.5. The number of piperidine rings is 1. The van der Waals surface area contributed by atoms with Crippen molar-refractivity contribution in [2.24, 2.45) is 5.92 Å². The summed E-state index contributed by atoms with van der Waals surface area (Å²) in [5.41, 5.74) is 0.872. The number of carbonyl (C=O) groups excluding carboxylic acids is 1. The third kappa shape index (κ3) is 2.87. The molecule has 0 spiro atoms. The molecule has 0 aromatic heterocycles. The van der Waals surface area contributed by atoms with Gasteiger partial charge in [-0.2, -0.15) is 0 Å². The Morgan fingerprint density at radius 3 is 2.67 bits per heavy atom. The van der Waals surface area contributed by atoms with Crippen molar-refractivity contribution in [2.45, 2.75) is 31.8 Å². The smallest absolute Gasteiger partial charge is 0.410 e. The number of halogens is 1. The minimum atomic E-state index is -0.210. The first-order valence-corrected chi connectivity index (χ1v) is 7.87. The molecule has 114 valence electrons. The summed E-state index contributed by atoms with van der Waals surface area (Å²) in [6, 6.07) is 7.66. The van der Waals surface area contributed by atoms with E-state index < -0.39 is 0 Å². The molecule has 5 heteroatoms. The van der Waals surface area contributed by atoms with Crippen molar-refractivity contribution < 1.29 is 9.53 Å². The highest BCUT2D eigenvalue weighted by Crippen LogP contribution is 2.37. The van der Waals surface area contributed by atoms with E-state index in [9.17, 15) is 4.79 Å². The molecular weight excluding hydrogens is 288 g/mol. The lowest BCUT2D eigenvalue weighted by atomic mass is 9.79. The van der Waals surface area contributed by atoms with Gasteiger partial charge in [-0.3, -0.25) is 4.90 Å². The molecule has 1 N–H and O–H groups in total. The van der Waals surface area contributed by atoms with Gasteiger partial charge >= 0.3 is 6.09 Å². The van der Waals surface area contributed by atoms with Crippen LogP contribution in [-0.4, -0.2) is 36.2 Å². The van der Waals surface area contributed by atoms with Crippen LogP contribution in [0, 0.1) is 5.92 Å². The van der Waals surface area contributed by atoms with Crippen molar-refractivity contribution in [2.75, 3.05) is 19.7 Å². The van der Waals surface area contributed by atoms with E-state index in [0.29, 0.717) is 24.1 Å². The predicted octanol–water partition coefficient (Wildman–Crippen LogP) is 3.05. The lowest BCUT2D eigenvalue weighted by Gasteiger charge is -2.41. The van der Waals surface area contributed by atoms with E-state index in [0.717, 1.165) is 31.5 Å².